The quantitative estimate of drug-likeness (QED) is 0.868. The van der Waals surface area contributed by atoms with E-state index in [4.69, 9.17) is 0 Å². The van der Waals surface area contributed by atoms with Crippen LogP contribution in [-0.2, 0) is 5.60 Å². The molecule has 0 bridgehead atoms. The maximum absolute atomic E-state index is 11.0. The van der Waals surface area contributed by atoms with Crippen LogP contribution in [0.15, 0.2) is 18.2 Å². The highest BCUT2D eigenvalue weighted by Gasteiger charge is 2.36. The molecule has 18 heavy (non-hydrogen) atoms. The summed E-state index contributed by atoms with van der Waals surface area (Å²) in [5, 5.41) is 15.4. The molecule has 0 unspecified atom stereocenters. The van der Waals surface area contributed by atoms with E-state index >= 15 is 0 Å². The Balaban J connectivity index is 2.24. The van der Waals surface area contributed by atoms with Crippen molar-refractivity contribution >= 4 is 0 Å². The Morgan fingerprint density at radius 2 is 1.61 bits per heavy atom. The van der Waals surface area contributed by atoms with Crippen LogP contribution in [0.25, 0.3) is 0 Å². The van der Waals surface area contributed by atoms with Crippen molar-refractivity contribution in [2.75, 3.05) is 27.2 Å². The minimum absolute atomic E-state index is 0.651. The fourth-order valence-electron chi connectivity index (χ4n) is 3.06. The molecule has 1 aromatic carbocycles. The first-order valence-corrected chi connectivity index (χ1v) is 6.65. The number of hydrazine groups is 1. The van der Waals surface area contributed by atoms with Gasteiger partial charge >= 0.3 is 0 Å². The summed E-state index contributed by atoms with van der Waals surface area (Å²) in [5.41, 5.74) is 2.90. The van der Waals surface area contributed by atoms with Gasteiger partial charge in [-0.25, -0.2) is 10.0 Å². The topological polar surface area (TPSA) is 26.7 Å². The van der Waals surface area contributed by atoms with Gasteiger partial charge in [-0.3, -0.25) is 0 Å². The maximum atomic E-state index is 11.0. The minimum Gasteiger partial charge on any atom is -0.385 e. The van der Waals surface area contributed by atoms with E-state index in [2.05, 4.69) is 56.2 Å². The summed E-state index contributed by atoms with van der Waals surface area (Å²) < 4.78 is 0. The average molecular weight is 248 g/mol. The fourth-order valence-corrected chi connectivity index (χ4v) is 3.06. The minimum atomic E-state index is -0.651. The fraction of sp³-hybridized carbons (Fsp3) is 0.600. The van der Waals surface area contributed by atoms with Gasteiger partial charge < -0.3 is 5.11 Å². The molecule has 1 aromatic rings. The molecule has 0 atom stereocenters. The molecular formula is C15H24N2O. The van der Waals surface area contributed by atoms with Crippen LogP contribution >= 0.6 is 0 Å². The molecule has 0 aliphatic carbocycles. The van der Waals surface area contributed by atoms with Crippen LogP contribution < -0.4 is 0 Å². The van der Waals surface area contributed by atoms with Crippen molar-refractivity contribution in [3.05, 3.63) is 34.9 Å². The van der Waals surface area contributed by atoms with Crippen molar-refractivity contribution in [3.63, 3.8) is 0 Å². The molecule has 1 aliphatic heterocycles. The van der Waals surface area contributed by atoms with Gasteiger partial charge in [0.25, 0.3) is 0 Å². The molecule has 3 nitrogen and oxygen atoms in total. The lowest BCUT2D eigenvalue weighted by Gasteiger charge is -2.42. The van der Waals surface area contributed by atoms with Crippen molar-refractivity contribution in [3.8, 4) is 0 Å². The van der Waals surface area contributed by atoms with Crippen molar-refractivity contribution in [2.45, 2.75) is 32.3 Å². The first kappa shape index (κ1) is 13.5. The monoisotopic (exact) mass is 248 g/mol. The van der Waals surface area contributed by atoms with E-state index in [1.807, 2.05) is 0 Å². The van der Waals surface area contributed by atoms with Crippen molar-refractivity contribution in [1.82, 2.24) is 10.0 Å². The second kappa shape index (κ2) is 5.00. The Hall–Kier alpha value is -0.900. The van der Waals surface area contributed by atoms with Gasteiger partial charge in [0.15, 0.2) is 0 Å². The van der Waals surface area contributed by atoms with Crippen LogP contribution in [0.2, 0.25) is 0 Å². The molecule has 1 aliphatic rings. The van der Waals surface area contributed by atoms with Crippen molar-refractivity contribution in [1.29, 1.82) is 0 Å². The highest BCUT2D eigenvalue weighted by Crippen LogP contribution is 2.36. The van der Waals surface area contributed by atoms with Crippen LogP contribution in [0.3, 0.4) is 0 Å². The van der Waals surface area contributed by atoms with E-state index in [1.165, 1.54) is 11.1 Å². The first-order valence-electron chi connectivity index (χ1n) is 6.65. The maximum Gasteiger partial charge on any atom is 0.0927 e. The molecular weight excluding hydrogens is 224 g/mol. The molecule has 1 N–H and O–H groups in total. The molecule has 2 rings (SSSR count). The molecule has 1 saturated heterocycles. The second-order valence-electron chi connectivity index (χ2n) is 5.60. The third-order valence-electron chi connectivity index (χ3n) is 4.08. The SMILES string of the molecule is Cc1cccc(C)c1C1(O)CCN(N(C)C)CC1. The Bertz CT molecular complexity index is 400. The van der Waals surface area contributed by atoms with Gasteiger partial charge in [0, 0.05) is 27.2 Å². The highest BCUT2D eigenvalue weighted by atomic mass is 16.3. The lowest BCUT2D eigenvalue weighted by molar-refractivity contribution is -0.0831. The number of benzene rings is 1. The summed E-state index contributed by atoms with van der Waals surface area (Å²) in [6.45, 7) is 6.02. The van der Waals surface area contributed by atoms with Crippen molar-refractivity contribution in [2.24, 2.45) is 0 Å². The number of nitrogens with zero attached hydrogens (tertiary/aromatic N) is 2. The van der Waals surface area contributed by atoms with Crippen LogP contribution in [0.5, 0.6) is 0 Å². The molecule has 0 amide bonds. The zero-order chi connectivity index (χ0) is 13.3. The largest absolute Gasteiger partial charge is 0.385 e. The summed E-state index contributed by atoms with van der Waals surface area (Å²) in [6, 6.07) is 6.25. The summed E-state index contributed by atoms with van der Waals surface area (Å²) in [4.78, 5) is 0. The van der Waals surface area contributed by atoms with Gasteiger partial charge in [-0.1, -0.05) is 18.2 Å². The van der Waals surface area contributed by atoms with E-state index in [1.54, 1.807) is 0 Å². The molecule has 0 radical (unpaired) electrons. The molecule has 0 saturated carbocycles. The summed E-state index contributed by atoms with van der Waals surface area (Å²) in [6.07, 6.45) is 1.60. The Morgan fingerprint density at radius 1 is 1.11 bits per heavy atom. The summed E-state index contributed by atoms with van der Waals surface area (Å²) in [5.74, 6) is 0. The number of rotatable bonds is 2. The van der Waals surface area contributed by atoms with Gasteiger partial charge in [0.1, 0.15) is 0 Å². The van der Waals surface area contributed by atoms with Crippen molar-refractivity contribution < 1.29 is 5.11 Å². The molecule has 0 aromatic heterocycles. The van der Waals surface area contributed by atoms with Gasteiger partial charge in [0.05, 0.1) is 5.60 Å². The second-order valence-corrected chi connectivity index (χ2v) is 5.60. The van der Waals surface area contributed by atoms with Crippen LogP contribution in [0, 0.1) is 13.8 Å². The lowest BCUT2D eigenvalue weighted by atomic mass is 9.80. The summed E-state index contributed by atoms with van der Waals surface area (Å²) in [7, 11) is 4.12. The van der Waals surface area contributed by atoms with E-state index in [0.717, 1.165) is 31.5 Å². The molecule has 1 heterocycles. The van der Waals surface area contributed by atoms with Gasteiger partial charge in [-0.2, -0.15) is 0 Å². The van der Waals surface area contributed by atoms with E-state index in [0.29, 0.717) is 0 Å². The van der Waals surface area contributed by atoms with E-state index in [9.17, 15) is 5.11 Å². The Kier molecular flexibility index (Phi) is 3.76. The number of hydrogen-bond donors (Lipinski definition) is 1. The average Bonchev–Trinajstić information content (AvgIpc) is 2.29. The number of aryl methyl sites for hydroxylation is 2. The van der Waals surface area contributed by atoms with Gasteiger partial charge in [-0.15, -0.1) is 0 Å². The third kappa shape index (κ3) is 2.44. The number of piperidine rings is 1. The predicted octanol–water partition coefficient (Wildman–Crippen LogP) is 2.06. The molecule has 100 valence electrons. The van der Waals surface area contributed by atoms with Gasteiger partial charge in [-0.05, 0) is 43.4 Å². The zero-order valence-electron chi connectivity index (χ0n) is 11.9. The van der Waals surface area contributed by atoms with Crippen LogP contribution in [-0.4, -0.2) is 42.3 Å². The normalized spacial score (nSPS) is 20.3. The Labute approximate surface area is 110 Å². The molecule has 1 fully saturated rings. The smallest absolute Gasteiger partial charge is 0.0927 e. The summed E-state index contributed by atoms with van der Waals surface area (Å²) >= 11 is 0. The lowest BCUT2D eigenvalue weighted by Crippen LogP contribution is -2.48. The zero-order valence-corrected chi connectivity index (χ0v) is 11.9. The first-order chi connectivity index (χ1) is 8.44. The molecule has 0 spiro atoms. The van der Waals surface area contributed by atoms with Crippen LogP contribution in [0.4, 0.5) is 0 Å². The van der Waals surface area contributed by atoms with E-state index in [-0.39, 0.29) is 0 Å². The number of hydrogen-bond acceptors (Lipinski definition) is 3. The standard InChI is InChI=1S/C15H24N2O/c1-12-6-5-7-13(2)14(12)15(18)8-10-17(11-9-15)16(3)4/h5-7,18H,8-11H2,1-4H3. The van der Waals surface area contributed by atoms with Gasteiger partial charge in [0.2, 0.25) is 0 Å². The van der Waals surface area contributed by atoms with E-state index < -0.39 is 5.60 Å². The highest BCUT2D eigenvalue weighted by molar-refractivity contribution is 5.38. The third-order valence-corrected chi connectivity index (χ3v) is 4.08. The number of aliphatic hydroxyl groups is 1. The predicted molar refractivity (Wildman–Crippen MR) is 74.3 cm³/mol. The van der Waals surface area contributed by atoms with Crippen LogP contribution in [0.1, 0.15) is 29.5 Å². The Morgan fingerprint density at radius 3 is 2.06 bits per heavy atom. The molecule has 3 heteroatoms.